The first-order chi connectivity index (χ1) is 10.2. The molecule has 4 N–H and O–H groups in total. The third-order valence-electron chi connectivity index (χ3n) is 3.82. The number of benzene rings is 1. The van der Waals surface area contributed by atoms with Gasteiger partial charge in [-0.2, -0.15) is 0 Å². The number of amides is 1. The average molecular weight is 362 g/mol. The van der Waals surface area contributed by atoms with Crippen LogP contribution in [-0.2, 0) is 10.0 Å². The Morgan fingerprint density at radius 2 is 1.83 bits per heavy atom. The SMILES string of the molecule is Cc1ccc(NS(C)(=O)=O)c(C(=O)NC2CCC(N)CC2)c1.Cl. The molecule has 130 valence electrons. The van der Waals surface area contributed by atoms with Gasteiger partial charge in [0.2, 0.25) is 10.0 Å². The third kappa shape index (κ3) is 6.01. The van der Waals surface area contributed by atoms with Crippen molar-refractivity contribution >= 4 is 34.0 Å². The van der Waals surface area contributed by atoms with Gasteiger partial charge in [-0.05, 0) is 44.7 Å². The molecule has 0 aromatic heterocycles. The maximum Gasteiger partial charge on any atom is 0.253 e. The van der Waals surface area contributed by atoms with Gasteiger partial charge in [-0.1, -0.05) is 11.6 Å². The van der Waals surface area contributed by atoms with Crippen LogP contribution in [0.2, 0.25) is 0 Å². The second-order valence-electron chi connectivity index (χ2n) is 6.01. The molecule has 0 heterocycles. The molecular weight excluding hydrogens is 338 g/mol. The van der Waals surface area contributed by atoms with E-state index < -0.39 is 10.0 Å². The lowest BCUT2D eigenvalue weighted by Gasteiger charge is -2.27. The highest BCUT2D eigenvalue weighted by Gasteiger charge is 2.22. The van der Waals surface area contributed by atoms with E-state index >= 15 is 0 Å². The second kappa shape index (κ2) is 7.99. The number of carbonyl (C=O) groups is 1. The van der Waals surface area contributed by atoms with Crippen molar-refractivity contribution in [1.29, 1.82) is 0 Å². The zero-order valence-corrected chi connectivity index (χ0v) is 15.0. The highest BCUT2D eigenvalue weighted by atomic mass is 35.5. The maximum absolute atomic E-state index is 12.5. The smallest absolute Gasteiger partial charge is 0.253 e. The number of hydrogen-bond acceptors (Lipinski definition) is 4. The highest BCUT2D eigenvalue weighted by molar-refractivity contribution is 7.92. The second-order valence-corrected chi connectivity index (χ2v) is 7.76. The van der Waals surface area contributed by atoms with Crippen LogP contribution in [0.4, 0.5) is 5.69 Å². The minimum atomic E-state index is -3.43. The van der Waals surface area contributed by atoms with Crippen LogP contribution in [0, 0.1) is 6.92 Å². The molecule has 8 heteroatoms. The first-order valence-corrected chi connectivity index (χ1v) is 9.28. The number of anilines is 1. The van der Waals surface area contributed by atoms with E-state index in [1.165, 1.54) is 0 Å². The molecule has 1 fully saturated rings. The van der Waals surface area contributed by atoms with E-state index in [1.807, 2.05) is 6.92 Å². The largest absolute Gasteiger partial charge is 0.349 e. The molecule has 1 aliphatic carbocycles. The van der Waals surface area contributed by atoms with Crippen molar-refractivity contribution in [2.45, 2.75) is 44.7 Å². The van der Waals surface area contributed by atoms with Crippen molar-refractivity contribution < 1.29 is 13.2 Å². The Kier molecular flexibility index (Phi) is 6.85. The van der Waals surface area contributed by atoms with E-state index in [0.29, 0.717) is 11.3 Å². The summed E-state index contributed by atoms with van der Waals surface area (Å²) >= 11 is 0. The number of sulfonamides is 1. The number of nitrogens with two attached hydrogens (primary N) is 1. The van der Waals surface area contributed by atoms with Crippen molar-refractivity contribution in [3.63, 3.8) is 0 Å². The van der Waals surface area contributed by atoms with Gasteiger partial charge in [-0.15, -0.1) is 12.4 Å². The van der Waals surface area contributed by atoms with Crippen LogP contribution in [0.5, 0.6) is 0 Å². The van der Waals surface area contributed by atoms with Crippen molar-refractivity contribution in [3.05, 3.63) is 29.3 Å². The molecular formula is C15H24ClN3O3S. The van der Waals surface area contributed by atoms with E-state index in [9.17, 15) is 13.2 Å². The van der Waals surface area contributed by atoms with Gasteiger partial charge in [-0.3, -0.25) is 9.52 Å². The van der Waals surface area contributed by atoms with Gasteiger partial charge in [0.15, 0.2) is 0 Å². The van der Waals surface area contributed by atoms with Crippen LogP contribution in [-0.4, -0.2) is 32.7 Å². The molecule has 1 amide bonds. The maximum atomic E-state index is 12.5. The molecule has 0 atom stereocenters. The van der Waals surface area contributed by atoms with Crippen LogP contribution >= 0.6 is 12.4 Å². The number of halogens is 1. The van der Waals surface area contributed by atoms with Crippen LogP contribution in [0.1, 0.15) is 41.6 Å². The number of nitrogens with one attached hydrogen (secondary N) is 2. The van der Waals surface area contributed by atoms with E-state index in [-0.39, 0.29) is 30.4 Å². The zero-order valence-electron chi connectivity index (χ0n) is 13.3. The fraction of sp³-hybridized carbons (Fsp3) is 0.533. The lowest BCUT2D eigenvalue weighted by atomic mass is 9.91. The predicted octanol–water partition coefficient (Wildman–Crippen LogP) is 1.79. The van der Waals surface area contributed by atoms with Gasteiger partial charge >= 0.3 is 0 Å². The number of hydrogen-bond donors (Lipinski definition) is 3. The molecule has 1 saturated carbocycles. The summed E-state index contributed by atoms with van der Waals surface area (Å²) < 4.78 is 25.3. The summed E-state index contributed by atoms with van der Waals surface area (Å²) in [6.45, 7) is 1.86. The van der Waals surface area contributed by atoms with Gasteiger partial charge in [0, 0.05) is 12.1 Å². The first-order valence-electron chi connectivity index (χ1n) is 7.39. The van der Waals surface area contributed by atoms with Crippen molar-refractivity contribution in [1.82, 2.24) is 5.32 Å². The standard InChI is InChI=1S/C15H23N3O3S.ClH/c1-10-3-8-14(18-22(2,20)21)13(9-10)15(19)17-12-6-4-11(16)5-7-12;/h3,8-9,11-12,18H,4-7,16H2,1-2H3,(H,17,19);1H. The summed E-state index contributed by atoms with van der Waals surface area (Å²) in [4.78, 5) is 12.5. The Balaban J connectivity index is 0.00000264. The molecule has 2 rings (SSSR count). The molecule has 0 bridgehead atoms. The van der Waals surface area contributed by atoms with E-state index in [1.54, 1.807) is 18.2 Å². The van der Waals surface area contributed by atoms with E-state index in [4.69, 9.17) is 5.73 Å². The van der Waals surface area contributed by atoms with Crippen LogP contribution in [0.3, 0.4) is 0 Å². The van der Waals surface area contributed by atoms with Gasteiger partial charge in [0.25, 0.3) is 5.91 Å². The molecule has 0 unspecified atom stereocenters. The van der Waals surface area contributed by atoms with Crippen LogP contribution in [0.25, 0.3) is 0 Å². The molecule has 0 spiro atoms. The lowest BCUT2D eigenvalue weighted by molar-refractivity contribution is 0.0926. The molecule has 6 nitrogen and oxygen atoms in total. The normalized spacial score (nSPS) is 21.2. The fourth-order valence-electron chi connectivity index (χ4n) is 2.66. The average Bonchev–Trinajstić information content (AvgIpc) is 2.42. The number of rotatable bonds is 4. The predicted molar refractivity (Wildman–Crippen MR) is 94.6 cm³/mol. The summed E-state index contributed by atoms with van der Waals surface area (Å²) in [7, 11) is -3.43. The topological polar surface area (TPSA) is 101 Å². The van der Waals surface area contributed by atoms with Gasteiger partial charge in [0.1, 0.15) is 0 Å². The van der Waals surface area contributed by atoms with Crippen molar-refractivity contribution in [2.24, 2.45) is 5.73 Å². The summed E-state index contributed by atoms with van der Waals surface area (Å²) in [5.41, 5.74) is 7.41. The molecule has 0 radical (unpaired) electrons. The zero-order chi connectivity index (χ0) is 16.3. The van der Waals surface area contributed by atoms with Gasteiger partial charge in [0.05, 0.1) is 17.5 Å². The quantitative estimate of drug-likeness (QED) is 0.760. The van der Waals surface area contributed by atoms with Crippen molar-refractivity contribution in [3.8, 4) is 0 Å². The Hall–Kier alpha value is -1.31. The molecule has 0 saturated heterocycles. The molecule has 23 heavy (non-hydrogen) atoms. The summed E-state index contributed by atoms with van der Waals surface area (Å²) in [6, 6.07) is 5.39. The first kappa shape index (κ1) is 19.7. The number of carbonyl (C=O) groups excluding carboxylic acids is 1. The summed E-state index contributed by atoms with van der Waals surface area (Å²) in [5.74, 6) is -0.254. The minimum Gasteiger partial charge on any atom is -0.349 e. The summed E-state index contributed by atoms with van der Waals surface area (Å²) in [6.07, 6.45) is 4.57. The summed E-state index contributed by atoms with van der Waals surface area (Å²) in [5, 5.41) is 2.98. The Bertz CT molecular complexity index is 656. The van der Waals surface area contributed by atoms with E-state index in [2.05, 4.69) is 10.0 Å². The van der Waals surface area contributed by atoms with Crippen molar-refractivity contribution in [2.75, 3.05) is 11.0 Å². The lowest BCUT2D eigenvalue weighted by Crippen LogP contribution is -2.40. The molecule has 1 aliphatic rings. The molecule has 1 aromatic carbocycles. The van der Waals surface area contributed by atoms with Crippen LogP contribution in [0.15, 0.2) is 18.2 Å². The number of aryl methyl sites for hydroxylation is 1. The monoisotopic (exact) mass is 361 g/mol. The van der Waals surface area contributed by atoms with Gasteiger partial charge in [-0.25, -0.2) is 8.42 Å². The third-order valence-corrected chi connectivity index (χ3v) is 4.41. The Morgan fingerprint density at radius 3 is 2.39 bits per heavy atom. The van der Waals surface area contributed by atoms with Gasteiger partial charge < -0.3 is 11.1 Å². The molecule has 1 aromatic rings. The van der Waals surface area contributed by atoms with E-state index in [0.717, 1.165) is 37.5 Å². The molecule has 0 aliphatic heterocycles. The Labute approximate surface area is 143 Å². The van der Waals surface area contributed by atoms with Crippen LogP contribution < -0.4 is 15.8 Å². The minimum absolute atomic E-state index is 0. The Morgan fingerprint density at radius 1 is 1.22 bits per heavy atom. The highest BCUT2D eigenvalue weighted by Crippen LogP contribution is 2.21. The fourth-order valence-corrected chi connectivity index (χ4v) is 3.24.